The van der Waals surface area contributed by atoms with Crippen LogP contribution in [0.5, 0.6) is 0 Å². The van der Waals surface area contributed by atoms with Gasteiger partial charge in [-0.2, -0.15) is 0 Å². The van der Waals surface area contributed by atoms with E-state index < -0.39 is 43.2 Å². The molecule has 1 aliphatic heterocycles. The highest BCUT2D eigenvalue weighted by atomic mass is 16.6. The first-order valence-electron chi connectivity index (χ1n) is 4.55. The van der Waals surface area contributed by atoms with Gasteiger partial charge in [-0.15, -0.1) is 0 Å². The lowest BCUT2D eigenvalue weighted by Crippen LogP contribution is -2.48. The first-order valence-corrected chi connectivity index (χ1v) is 4.55. The number of aliphatic hydroxyl groups is 4. The normalized spacial score (nSPS) is 37.7. The Labute approximate surface area is 86.3 Å². The third-order valence-corrected chi connectivity index (χ3v) is 2.24. The van der Waals surface area contributed by atoms with Gasteiger partial charge in [0.2, 0.25) is 5.91 Å². The van der Waals surface area contributed by atoms with Crippen LogP contribution < -0.4 is 5.32 Å². The summed E-state index contributed by atoms with van der Waals surface area (Å²) in [6.45, 7) is 0.635. The standard InChI is InChI=1S/C8H15NO6/c1-3(11)9-5-6(13)7(4(12)2-10)15-8(5)14/h4-8,10,12-14H,2H2,1H3,(H,9,11)/t4-,5-,6-,7+,8-/m1/s1. The fourth-order valence-electron chi connectivity index (χ4n) is 1.51. The quantitative estimate of drug-likeness (QED) is 0.345. The Morgan fingerprint density at radius 2 is 2.13 bits per heavy atom. The summed E-state index contributed by atoms with van der Waals surface area (Å²) < 4.78 is 4.82. The lowest BCUT2D eigenvalue weighted by Gasteiger charge is -2.20. The number of carbonyl (C=O) groups is 1. The minimum absolute atomic E-state index is 0.430. The van der Waals surface area contributed by atoms with Crippen molar-refractivity contribution in [1.29, 1.82) is 0 Å². The predicted octanol–water partition coefficient (Wildman–Crippen LogP) is -3.08. The summed E-state index contributed by atoms with van der Waals surface area (Å²) in [5, 5.41) is 39.1. The van der Waals surface area contributed by atoms with Gasteiger partial charge in [0.25, 0.3) is 0 Å². The van der Waals surface area contributed by atoms with Gasteiger partial charge in [-0.1, -0.05) is 0 Å². The molecular weight excluding hydrogens is 206 g/mol. The van der Waals surface area contributed by atoms with E-state index in [0.29, 0.717) is 0 Å². The van der Waals surface area contributed by atoms with Crippen molar-refractivity contribution in [2.75, 3.05) is 6.61 Å². The van der Waals surface area contributed by atoms with Crippen molar-refractivity contribution in [3.63, 3.8) is 0 Å². The van der Waals surface area contributed by atoms with Gasteiger partial charge in [0.15, 0.2) is 6.29 Å². The van der Waals surface area contributed by atoms with Gasteiger partial charge in [0, 0.05) is 6.92 Å². The Kier molecular flexibility index (Phi) is 4.00. The summed E-state index contributed by atoms with van der Waals surface area (Å²) >= 11 is 0. The smallest absolute Gasteiger partial charge is 0.217 e. The Balaban J connectivity index is 2.65. The van der Waals surface area contributed by atoms with Crippen LogP contribution in [0.3, 0.4) is 0 Å². The molecule has 0 aromatic carbocycles. The molecule has 0 aliphatic carbocycles. The lowest BCUT2D eigenvalue weighted by molar-refractivity contribution is -0.141. The van der Waals surface area contributed by atoms with E-state index >= 15 is 0 Å². The molecule has 1 rings (SSSR count). The highest BCUT2D eigenvalue weighted by Gasteiger charge is 2.46. The molecule has 0 spiro atoms. The Bertz CT molecular complexity index is 235. The van der Waals surface area contributed by atoms with Gasteiger partial charge in [-0.3, -0.25) is 4.79 Å². The maximum atomic E-state index is 10.7. The molecule has 7 heteroatoms. The van der Waals surface area contributed by atoms with Crippen molar-refractivity contribution in [1.82, 2.24) is 5.32 Å². The van der Waals surface area contributed by atoms with Crippen LogP contribution in [0.1, 0.15) is 6.92 Å². The van der Waals surface area contributed by atoms with Crippen LogP contribution in [-0.2, 0) is 9.53 Å². The number of carbonyl (C=O) groups excluding carboxylic acids is 1. The van der Waals surface area contributed by atoms with Crippen LogP contribution in [0.4, 0.5) is 0 Å². The van der Waals surface area contributed by atoms with Crippen LogP contribution >= 0.6 is 0 Å². The molecule has 1 fully saturated rings. The number of hydrogen-bond donors (Lipinski definition) is 5. The lowest BCUT2D eigenvalue weighted by atomic mass is 10.0. The van der Waals surface area contributed by atoms with Gasteiger partial charge in [0.1, 0.15) is 24.4 Å². The first-order chi connectivity index (χ1) is 6.97. The van der Waals surface area contributed by atoms with E-state index in [4.69, 9.17) is 9.84 Å². The average molecular weight is 221 g/mol. The second kappa shape index (κ2) is 4.86. The van der Waals surface area contributed by atoms with Gasteiger partial charge < -0.3 is 30.5 Å². The number of amides is 1. The minimum atomic E-state index is -1.39. The average Bonchev–Trinajstić information content (AvgIpc) is 2.44. The molecule has 15 heavy (non-hydrogen) atoms. The molecule has 1 heterocycles. The number of rotatable bonds is 3. The van der Waals surface area contributed by atoms with Gasteiger partial charge in [-0.05, 0) is 0 Å². The fraction of sp³-hybridized carbons (Fsp3) is 0.875. The summed E-state index contributed by atoms with van der Waals surface area (Å²) in [5.74, 6) is -0.430. The highest BCUT2D eigenvalue weighted by Crippen LogP contribution is 2.22. The molecule has 1 amide bonds. The van der Waals surface area contributed by atoms with Crippen LogP contribution in [-0.4, -0.2) is 63.6 Å². The van der Waals surface area contributed by atoms with E-state index in [2.05, 4.69) is 5.32 Å². The second-order valence-corrected chi connectivity index (χ2v) is 3.46. The molecule has 0 aromatic heterocycles. The molecule has 1 aliphatic rings. The largest absolute Gasteiger partial charge is 0.394 e. The van der Waals surface area contributed by atoms with Gasteiger partial charge >= 0.3 is 0 Å². The Morgan fingerprint density at radius 3 is 2.60 bits per heavy atom. The van der Waals surface area contributed by atoms with Gasteiger partial charge in [0.05, 0.1) is 6.61 Å². The van der Waals surface area contributed by atoms with E-state index in [0.717, 1.165) is 0 Å². The summed E-state index contributed by atoms with van der Waals surface area (Å²) in [7, 11) is 0. The number of ether oxygens (including phenoxy) is 1. The SMILES string of the molecule is CC(=O)N[C@@H]1[C@@H](O)[C@H]([C@H](O)CO)O[C@H]1O. The molecule has 5 N–H and O–H groups in total. The molecule has 0 radical (unpaired) electrons. The highest BCUT2D eigenvalue weighted by molar-refractivity contribution is 5.73. The van der Waals surface area contributed by atoms with Gasteiger partial charge in [-0.25, -0.2) is 0 Å². The summed E-state index contributed by atoms with van der Waals surface area (Å²) in [4.78, 5) is 10.7. The van der Waals surface area contributed by atoms with Crippen LogP contribution in [0.15, 0.2) is 0 Å². The molecule has 0 aromatic rings. The van der Waals surface area contributed by atoms with E-state index in [1.807, 2.05) is 0 Å². The monoisotopic (exact) mass is 221 g/mol. The van der Waals surface area contributed by atoms with Crippen molar-refractivity contribution >= 4 is 5.91 Å². The maximum absolute atomic E-state index is 10.7. The third-order valence-electron chi connectivity index (χ3n) is 2.24. The Hall–Kier alpha value is -0.730. The second-order valence-electron chi connectivity index (χ2n) is 3.46. The summed E-state index contributed by atoms with van der Waals surface area (Å²) in [5.41, 5.74) is 0. The third kappa shape index (κ3) is 2.64. The van der Waals surface area contributed by atoms with Crippen molar-refractivity contribution in [3.8, 4) is 0 Å². The van der Waals surface area contributed by atoms with E-state index in [-0.39, 0.29) is 0 Å². The zero-order valence-corrected chi connectivity index (χ0v) is 8.20. The van der Waals surface area contributed by atoms with E-state index in [1.165, 1.54) is 6.92 Å². The van der Waals surface area contributed by atoms with Crippen LogP contribution in [0.2, 0.25) is 0 Å². The number of nitrogens with one attached hydrogen (secondary N) is 1. The zero-order valence-electron chi connectivity index (χ0n) is 8.20. The minimum Gasteiger partial charge on any atom is -0.394 e. The zero-order chi connectivity index (χ0) is 11.6. The summed E-state index contributed by atoms with van der Waals surface area (Å²) in [6.07, 6.45) is -5.06. The molecule has 0 saturated carbocycles. The van der Waals surface area contributed by atoms with E-state index in [9.17, 15) is 20.1 Å². The molecule has 1 saturated heterocycles. The fourth-order valence-corrected chi connectivity index (χ4v) is 1.51. The van der Waals surface area contributed by atoms with Crippen molar-refractivity contribution in [2.45, 2.75) is 37.6 Å². The van der Waals surface area contributed by atoms with Crippen molar-refractivity contribution < 1.29 is 30.0 Å². The molecule has 7 nitrogen and oxygen atoms in total. The molecular formula is C8H15NO6. The Morgan fingerprint density at radius 1 is 1.53 bits per heavy atom. The molecule has 0 bridgehead atoms. The maximum Gasteiger partial charge on any atom is 0.217 e. The number of hydrogen-bond acceptors (Lipinski definition) is 6. The van der Waals surface area contributed by atoms with E-state index in [1.54, 1.807) is 0 Å². The molecule has 88 valence electrons. The predicted molar refractivity (Wildman–Crippen MR) is 47.6 cm³/mol. The first kappa shape index (κ1) is 12.3. The van der Waals surface area contributed by atoms with Crippen LogP contribution in [0, 0.1) is 0 Å². The molecule has 0 unspecified atom stereocenters. The molecule has 5 atom stereocenters. The van der Waals surface area contributed by atoms with Crippen LogP contribution in [0.25, 0.3) is 0 Å². The number of aliphatic hydroxyl groups excluding tert-OH is 4. The van der Waals surface area contributed by atoms with Crippen molar-refractivity contribution in [3.05, 3.63) is 0 Å². The topological polar surface area (TPSA) is 119 Å². The summed E-state index contributed by atoms with van der Waals surface area (Å²) in [6, 6.07) is -0.992. The van der Waals surface area contributed by atoms with Crippen molar-refractivity contribution in [2.24, 2.45) is 0 Å².